The van der Waals surface area contributed by atoms with Crippen molar-refractivity contribution >= 4 is 17.6 Å². The molecule has 0 rings (SSSR count). The molecule has 0 saturated heterocycles. The lowest BCUT2D eigenvalue weighted by Gasteiger charge is -1.97. The lowest BCUT2D eigenvalue weighted by atomic mass is 10.2. The number of carboxylic acid groups (broad SMARTS) is 1. The maximum atomic E-state index is 10.1. The molecule has 0 radical (unpaired) electrons. The Balaban J connectivity index is 3.50. The molecule has 0 bridgehead atoms. The van der Waals surface area contributed by atoms with Crippen LogP contribution in [0.2, 0.25) is 0 Å². The van der Waals surface area contributed by atoms with Gasteiger partial charge in [0.15, 0.2) is 0 Å². The van der Waals surface area contributed by atoms with Gasteiger partial charge in [0.25, 0.3) is 0 Å². The van der Waals surface area contributed by atoms with Crippen LogP contribution in [0.15, 0.2) is 12.2 Å². The van der Waals surface area contributed by atoms with E-state index < -0.39 is 5.97 Å². The lowest BCUT2D eigenvalue weighted by Crippen LogP contribution is -2.03. The summed E-state index contributed by atoms with van der Waals surface area (Å²) >= 11 is 5.64. The van der Waals surface area contributed by atoms with Gasteiger partial charge in [0.2, 0.25) is 0 Å². The summed E-state index contributed by atoms with van der Waals surface area (Å²) in [6.45, 7) is 2.06. The SMILES string of the molecule is CCC/C=C/C(Cl)CC(=O)O. The number of aliphatic carboxylic acids is 1. The quantitative estimate of drug-likeness (QED) is 0.516. The van der Waals surface area contributed by atoms with Crippen molar-refractivity contribution in [3.8, 4) is 0 Å². The smallest absolute Gasteiger partial charge is 0.305 e. The van der Waals surface area contributed by atoms with Gasteiger partial charge in [0.05, 0.1) is 11.8 Å². The van der Waals surface area contributed by atoms with Crippen molar-refractivity contribution in [3.63, 3.8) is 0 Å². The Morgan fingerprint density at radius 1 is 1.73 bits per heavy atom. The van der Waals surface area contributed by atoms with E-state index >= 15 is 0 Å². The van der Waals surface area contributed by atoms with Gasteiger partial charge in [-0.15, -0.1) is 11.6 Å². The average Bonchev–Trinajstić information content (AvgIpc) is 1.86. The Labute approximate surface area is 71.9 Å². The first-order valence-corrected chi connectivity index (χ1v) is 4.13. The van der Waals surface area contributed by atoms with Gasteiger partial charge in [-0.3, -0.25) is 4.79 Å². The molecule has 64 valence electrons. The van der Waals surface area contributed by atoms with Gasteiger partial charge in [-0.1, -0.05) is 25.5 Å². The zero-order valence-electron chi connectivity index (χ0n) is 6.59. The first-order valence-electron chi connectivity index (χ1n) is 3.69. The summed E-state index contributed by atoms with van der Waals surface area (Å²) < 4.78 is 0. The van der Waals surface area contributed by atoms with E-state index in [1.54, 1.807) is 6.08 Å². The molecule has 0 amide bonds. The Bertz CT molecular complexity index is 143. The summed E-state index contributed by atoms with van der Waals surface area (Å²) in [6.07, 6.45) is 5.68. The number of rotatable bonds is 5. The highest BCUT2D eigenvalue weighted by molar-refractivity contribution is 6.22. The third-order valence-corrected chi connectivity index (χ3v) is 1.47. The highest BCUT2D eigenvalue weighted by atomic mass is 35.5. The third-order valence-electron chi connectivity index (χ3n) is 1.17. The first-order chi connectivity index (χ1) is 5.16. The van der Waals surface area contributed by atoms with E-state index in [0.29, 0.717) is 0 Å². The molecule has 0 saturated carbocycles. The molecular weight excluding hydrogens is 164 g/mol. The van der Waals surface area contributed by atoms with E-state index in [0.717, 1.165) is 12.8 Å². The Morgan fingerprint density at radius 2 is 2.36 bits per heavy atom. The Hall–Kier alpha value is -0.500. The topological polar surface area (TPSA) is 37.3 Å². The zero-order valence-corrected chi connectivity index (χ0v) is 7.34. The number of carbonyl (C=O) groups is 1. The molecule has 0 heterocycles. The van der Waals surface area contributed by atoms with Crippen LogP contribution in [-0.2, 0) is 4.79 Å². The Kier molecular flexibility index (Phi) is 5.94. The molecule has 1 N–H and O–H groups in total. The molecule has 0 aliphatic heterocycles. The summed E-state index contributed by atoms with van der Waals surface area (Å²) in [4.78, 5) is 10.1. The maximum Gasteiger partial charge on any atom is 0.305 e. The van der Waals surface area contributed by atoms with Crippen LogP contribution in [0.1, 0.15) is 26.2 Å². The van der Waals surface area contributed by atoms with Gasteiger partial charge in [-0.05, 0) is 6.42 Å². The molecule has 0 fully saturated rings. The van der Waals surface area contributed by atoms with Crippen LogP contribution in [0.4, 0.5) is 0 Å². The molecule has 2 nitrogen and oxygen atoms in total. The van der Waals surface area contributed by atoms with Crippen molar-refractivity contribution in [2.24, 2.45) is 0 Å². The van der Waals surface area contributed by atoms with Crippen molar-refractivity contribution in [3.05, 3.63) is 12.2 Å². The van der Waals surface area contributed by atoms with Gasteiger partial charge >= 0.3 is 5.97 Å². The predicted molar refractivity (Wildman–Crippen MR) is 45.9 cm³/mol. The second-order valence-electron chi connectivity index (χ2n) is 2.33. The summed E-state index contributed by atoms with van der Waals surface area (Å²) in [5, 5.41) is 7.96. The van der Waals surface area contributed by atoms with E-state index in [-0.39, 0.29) is 11.8 Å². The largest absolute Gasteiger partial charge is 0.481 e. The van der Waals surface area contributed by atoms with Crippen LogP contribution < -0.4 is 0 Å². The van der Waals surface area contributed by atoms with Crippen molar-refractivity contribution in [1.82, 2.24) is 0 Å². The second kappa shape index (κ2) is 6.23. The zero-order chi connectivity index (χ0) is 8.69. The molecule has 3 heteroatoms. The number of carboxylic acids is 1. The van der Waals surface area contributed by atoms with Crippen LogP contribution in [0, 0.1) is 0 Å². The summed E-state index contributed by atoms with van der Waals surface area (Å²) in [6, 6.07) is 0. The fourth-order valence-electron chi connectivity index (χ4n) is 0.645. The van der Waals surface area contributed by atoms with Gasteiger partial charge in [-0.25, -0.2) is 0 Å². The molecule has 0 aromatic heterocycles. The number of hydrogen-bond donors (Lipinski definition) is 1. The molecule has 0 aliphatic carbocycles. The van der Waals surface area contributed by atoms with Crippen molar-refractivity contribution in [2.45, 2.75) is 31.6 Å². The van der Waals surface area contributed by atoms with Crippen LogP contribution in [0.25, 0.3) is 0 Å². The molecule has 0 aromatic carbocycles. The van der Waals surface area contributed by atoms with E-state index in [2.05, 4.69) is 6.92 Å². The summed E-state index contributed by atoms with van der Waals surface area (Å²) in [5.41, 5.74) is 0. The van der Waals surface area contributed by atoms with Gasteiger partial charge in [0, 0.05) is 0 Å². The fraction of sp³-hybridized carbons (Fsp3) is 0.625. The van der Waals surface area contributed by atoms with Crippen molar-refractivity contribution in [1.29, 1.82) is 0 Å². The molecule has 1 atom stereocenters. The van der Waals surface area contributed by atoms with E-state index in [9.17, 15) is 4.79 Å². The highest BCUT2D eigenvalue weighted by Crippen LogP contribution is 2.04. The van der Waals surface area contributed by atoms with Crippen molar-refractivity contribution in [2.75, 3.05) is 0 Å². The average molecular weight is 177 g/mol. The minimum absolute atomic E-state index is 0.00176. The monoisotopic (exact) mass is 176 g/mol. The second-order valence-corrected chi connectivity index (χ2v) is 2.89. The molecule has 11 heavy (non-hydrogen) atoms. The summed E-state index contributed by atoms with van der Waals surface area (Å²) in [5.74, 6) is -0.855. The highest BCUT2D eigenvalue weighted by Gasteiger charge is 2.04. The van der Waals surface area contributed by atoms with Crippen molar-refractivity contribution < 1.29 is 9.90 Å². The number of allylic oxidation sites excluding steroid dienone is 2. The van der Waals surface area contributed by atoms with Crippen LogP contribution in [-0.4, -0.2) is 16.5 Å². The summed E-state index contributed by atoms with van der Waals surface area (Å²) in [7, 11) is 0. The molecule has 0 aromatic rings. The normalized spacial score (nSPS) is 13.6. The van der Waals surface area contributed by atoms with Gasteiger partial charge in [-0.2, -0.15) is 0 Å². The molecule has 0 aliphatic rings. The standard InChI is InChI=1S/C8H13ClO2/c1-2-3-4-5-7(9)6-8(10)11/h4-5,7H,2-3,6H2,1H3,(H,10,11)/b5-4+. The van der Waals surface area contributed by atoms with Gasteiger partial charge < -0.3 is 5.11 Å². The van der Waals surface area contributed by atoms with E-state index in [1.165, 1.54) is 0 Å². The predicted octanol–water partition coefficient (Wildman–Crippen LogP) is 2.42. The van der Waals surface area contributed by atoms with E-state index in [4.69, 9.17) is 16.7 Å². The number of alkyl halides is 1. The van der Waals surface area contributed by atoms with Crippen LogP contribution in [0.3, 0.4) is 0 Å². The number of hydrogen-bond acceptors (Lipinski definition) is 1. The van der Waals surface area contributed by atoms with E-state index in [1.807, 2.05) is 6.08 Å². The number of unbranched alkanes of at least 4 members (excludes halogenated alkanes) is 1. The maximum absolute atomic E-state index is 10.1. The lowest BCUT2D eigenvalue weighted by molar-refractivity contribution is -0.136. The minimum Gasteiger partial charge on any atom is -0.481 e. The molecular formula is C8H13ClO2. The van der Waals surface area contributed by atoms with Crippen LogP contribution in [0.5, 0.6) is 0 Å². The van der Waals surface area contributed by atoms with Gasteiger partial charge in [0.1, 0.15) is 0 Å². The minimum atomic E-state index is -0.855. The molecule has 0 spiro atoms. The Morgan fingerprint density at radius 3 is 2.82 bits per heavy atom. The van der Waals surface area contributed by atoms with Crippen LogP contribution >= 0.6 is 11.6 Å². The fourth-order valence-corrected chi connectivity index (χ4v) is 0.880. The first kappa shape index (κ1) is 10.5. The number of halogens is 1. The third kappa shape index (κ3) is 7.40. The molecule has 1 unspecified atom stereocenters.